The van der Waals surface area contributed by atoms with Crippen LogP contribution in [0.4, 0.5) is 0 Å². The highest BCUT2D eigenvalue weighted by atomic mass is 16.5. The lowest BCUT2D eigenvalue weighted by Crippen LogP contribution is -2.53. The molecule has 0 aromatic carbocycles. The smallest absolute Gasteiger partial charge is 0.0484 e. The van der Waals surface area contributed by atoms with Crippen LogP contribution in [0.5, 0.6) is 0 Å². The summed E-state index contributed by atoms with van der Waals surface area (Å²) < 4.78 is 5.44. The minimum absolute atomic E-state index is 0.00897. The number of ether oxygens (including phenoxy) is 1. The molecule has 3 heterocycles. The Bertz CT molecular complexity index is 285. The van der Waals surface area contributed by atoms with Crippen molar-refractivity contribution in [3.8, 4) is 0 Å². The predicted octanol–water partition coefficient (Wildman–Crippen LogP) is 1.05. The molecule has 0 aliphatic carbocycles. The molecule has 3 aliphatic heterocycles. The average Bonchev–Trinajstić information content (AvgIpc) is 2.88. The standard InChI is InChI=1S/C15H29N3O/c16-15(5-10-19-11-6-15)13-17-9-4-14(12-17)18-7-2-1-3-8-18/h14H,1-13,16H2. The van der Waals surface area contributed by atoms with Gasteiger partial charge >= 0.3 is 0 Å². The van der Waals surface area contributed by atoms with E-state index in [1.54, 1.807) is 0 Å². The van der Waals surface area contributed by atoms with Crippen molar-refractivity contribution in [1.29, 1.82) is 0 Å². The Morgan fingerprint density at radius 1 is 1.05 bits per heavy atom. The van der Waals surface area contributed by atoms with Gasteiger partial charge in [0.05, 0.1) is 0 Å². The number of nitrogens with zero attached hydrogens (tertiary/aromatic N) is 2. The van der Waals surface area contributed by atoms with Crippen LogP contribution in [0.25, 0.3) is 0 Å². The van der Waals surface area contributed by atoms with Crippen molar-refractivity contribution in [3.63, 3.8) is 0 Å². The number of hydrogen-bond donors (Lipinski definition) is 1. The molecule has 0 radical (unpaired) electrons. The van der Waals surface area contributed by atoms with Crippen LogP contribution in [0.3, 0.4) is 0 Å². The number of likely N-dealkylation sites (tertiary alicyclic amines) is 2. The number of nitrogens with two attached hydrogens (primary N) is 1. The summed E-state index contributed by atoms with van der Waals surface area (Å²) in [5, 5.41) is 0. The first kappa shape index (κ1) is 13.8. The van der Waals surface area contributed by atoms with Crippen LogP contribution in [0.2, 0.25) is 0 Å². The Labute approximate surface area is 117 Å². The normalized spacial score (nSPS) is 33.6. The van der Waals surface area contributed by atoms with Gasteiger partial charge in [0.25, 0.3) is 0 Å². The molecule has 1 atom stereocenters. The molecule has 0 spiro atoms. The topological polar surface area (TPSA) is 41.7 Å². The van der Waals surface area contributed by atoms with E-state index in [2.05, 4.69) is 9.80 Å². The summed E-state index contributed by atoms with van der Waals surface area (Å²) in [7, 11) is 0. The van der Waals surface area contributed by atoms with Crippen molar-refractivity contribution in [2.45, 2.75) is 50.1 Å². The number of rotatable bonds is 3. The molecule has 4 nitrogen and oxygen atoms in total. The Hall–Kier alpha value is -0.160. The fraction of sp³-hybridized carbons (Fsp3) is 1.00. The molecule has 3 aliphatic rings. The second-order valence-corrected chi connectivity index (χ2v) is 6.75. The summed E-state index contributed by atoms with van der Waals surface area (Å²) in [6, 6.07) is 0.795. The lowest BCUT2D eigenvalue weighted by molar-refractivity contribution is 0.0395. The van der Waals surface area contributed by atoms with Crippen LogP contribution in [-0.4, -0.2) is 67.3 Å². The highest BCUT2D eigenvalue weighted by Crippen LogP contribution is 2.24. The molecular weight excluding hydrogens is 238 g/mol. The van der Waals surface area contributed by atoms with Crippen LogP contribution < -0.4 is 5.73 Å². The molecule has 0 aromatic heterocycles. The zero-order valence-electron chi connectivity index (χ0n) is 12.1. The van der Waals surface area contributed by atoms with Crippen molar-refractivity contribution in [2.75, 3.05) is 45.9 Å². The zero-order valence-corrected chi connectivity index (χ0v) is 12.1. The van der Waals surface area contributed by atoms with Gasteiger partial charge in [0.15, 0.2) is 0 Å². The fourth-order valence-electron chi connectivity index (χ4n) is 3.92. The monoisotopic (exact) mass is 267 g/mol. The van der Waals surface area contributed by atoms with E-state index in [1.165, 1.54) is 51.9 Å². The zero-order chi connectivity index (χ0) is 13.1. The van der Waals surface area contributed by atoms with Gasteiger partial charge in [-0.1, -0.05) is 6.42 Å². The maximum Gasteiger partial charge on any atom is 0.0484 e. The SMILES string of the molecule is NC1(CN2CCC(N3CCCCC3)C2)CCOCC1. The summed E-state index contributed by atoms with van der Waals surface area (Å²) in [5.74, 6) is 0. The third-order valence-corrected chi connectivity index (χ3v) is 5.18. The molecule has 0 aromatic rings. The van der Waals surface area contributed by atoms with E-state index < -0.39 is 0 Å². The van der Waals surface area contributed by atoms with Crippen molar-refractivity contribution >= 4 is 0 Å². The van der Waals surface area contributed by atoms with Crippen LogP contribution in [0.1, 0.15) is 38.5 Å². The van der Waals surface area contributed by atoms with E-state index in [0.717, 1.165) is 38.6 Å². The van der Waals surface area contributed by atoms with Gasteiger partial charge in [-0.3, -0.25) is 9.80 Å². The first-order valence-corrected chi connectivity index (χ1v) is 8.08. The second kappa shape index (κ2) is 6.08. The molecule has 0 bridgehead atoms. The van der Waals surface area contributed by atoms with E-state index >= 15 is 0 Å². The van der Waals surface area contributed by atoms with Crippen LogP contribution in [-0.2, 0) is 4.74 Å². The largest absolute Gasteiger partial charge is 0.381 e. The molecule has 0 amide bonds. The van der Waals surface area contributed by atoms with E-state index in [-0.39, 0.29) is 5.54 Å². The van der Waals surface area contributed by atoms with Gasteiger partial charge in [0.1, 0.15) is 0 Å². The summed E-state index contributed by atoms with van der Waals surface area (Å²) >= 11 is 0. The first-order chi connectivity index (χ1) is 9.25. The van der Waals surface area contributed by atoms with Crippen LogP contribution in [0, 0.1) is 0 Å². The molecule has 1 unspecified atom stereocenters. The van der Waals surface area contributed by atoms with Gasteiger partial charge in [-0.25, -0.2) is 0 Å². The average molecular weight is 267 g/mol. The highest BCUT2D eigenvalue weighted by molar-refractivity contribution is 4.93. The Morgan fingerprint density at radius 2 is 1.79 bits per heavy atom. The molecule has 3 rings (SSSR count). The molecular formula is C15H29N3O. The van der Waals surface area contributed by atoms with E-state index in [0.29, 0.717) is 0 Å². The van der Waals surface area contributed by atoms with Crippen molar-refractivity contribution in [1.82, 2.24) is 9.80 Å². The summed E-state index contributed by atoms with van der Waals surface area (Å²) in [5.41, 5.74) is 6.54. The van der Waals surface area contributed by atoms with Gasteiger partial charge in [0.2, 0.25) is 0 Å². The van der Waals surface area contributed by atoms with Crippen LogP contribution >= 0.6 is 0 Å². The van der Waals surface area contributed by atoms with E-state index in [9.17, 15) is 0 Å². The van der Waals surface area contributed by atoms with E-state index in [4.69, 9.17) is 10.5 Å². The summed E-state index contributed by atoms with van der Waals surface area (Å²) in [4.78, 5) is 5.32. The fourth-order valence-corrected chi connectivity index (χ4v) is 3.92. The lowest BCUT2D eigenvalue weighted by Gasteiger charge is -2.37. The van der Waals surface area contributed by atoms with Gasteiger partial charge < -0.3 is 10.5 Å². The molecule has 4 heteroatoms. The number of piperidine rings is 1. The van der Waals surface area contributed by atoms with E-state index in [1.807, 2.05) is 0 Å². The molecule has 3 fully saturated rings. The Kier molecular flexibility index (Phi) is 4.42. The maximum atomic E-state index is 6.53. The Balaban J connectivity index is 1.48. The molecule has 2 N–H and O–H groups in total. The second-order valence-electron chi connectivity index (χ2n) is 6.75. The predicted molar refractivity (Wildman–Crippen MR) is 77.2 cm³/mol. The minimum atomic E-state index is 0.00897. The van der Waals surface area contributed by atoms with Gasteiger partial charge in [-0.15, -0.1) is 0 Å². The maximum absolute atomic E-state index is 6.53. The van der Waals surface area contributed by atoms with Crippen molar-refractivity contribution in [2.24, 2.45) is 5.73 Å². The summed E-state index contributed by atoms with van der Waals surface area (Å²) in [6.45, 7) is 7.88. The molecule has 3 saturated heterocycles. The van der Waals surface area contributed by atoms with Gasteiger partial charge in [-0.2, -0.15) is 0 Å². The summed E-state index contributed by atoms with van der Waals surface area (Å²) in [6.07, 6.45) is 7.62. The van der Waals surface area contributed by atoms with Gasteiger partial charge in [0, 0.05) is 37.9 Å². The Morgan fingerprint density at radius 3 is 2.53 bits per heavy atom. The third-order valence-electron chi connectivity index (χ3n) is 5.18. The van der Waals surface area contributed by atoms with Crippen LogP contribution in [0.15, 0.2) is 0 Å². The molecule has 19 heavy (non-hydrogen) atoms. The highest BCUT2D eigenvalue weighted by Gasteiger charge is 2.34. The number of hydrogen-bond acceptors (Lipinski definition) is 4. The minimum Gasteiger partial charge on any atom is -0.381 e. The molecule has 110 valence electrons. The van der Waals surface area contributed by atoms with Gasteiger partial charge in [-0.05, 0) is 51.7 Å². The third kappa shape index (κ3) is 3.48. The lowest BCUT2D eigenvalue weighted by atomic mass is 9.91. The van der Waals surface area contributed by atoms with Crippen molar-refractivity contribution < 1.29 is 4.74 Å². The quantitative estimate of drug-likeness (QED) is 0.830. The first-order valence-electron chi connectivity index (χ1n) is 8.08. The van der Waals surface area contributed by atoms with Crippen molar-refractivity contribution in [3.05, 3.63) is 0 Å². The molecule has 0 saturated carbocycles.